The molecule has 0 rings (SSSR count). The smallest absolute Gasteiger partial charge is 0.306 e. The van der Waals surface area contributed by atoms with Crippen LogP contribution in [-0.2, 0) is 14.3 Å². The number of aliphatic hydroxyl groups is 2. The van der Waals surface area contributed by atoms with Gasteiger partial charge in [-0.25, -0.2) is 0 Å². The molecule has 1 amide bonds. The molecule has 0 aromatic rings. The zero-order valence-electron chi connectivity index (χ0n) is 38.2. The van der Waals surface area contributed by atoms with E-state index in [1.807, 2.05) is 24.3 Å². The first-order chi connectivity index (χ1) is 28.5. The van der Waals surface area contributed by atoms with E-state index >= 15 is 0 Å². The van der Waals surface area contributed by atoms with Crippen molar-refractivity contribution in [3.05, 3.63) is 60.8 Å². The summed E-state index contributed by atoms with van der Waals surface area (Å²) in [5, 5.41) is 23.7. The summed E-state index contributed by atoms with van der Waals surface area (Å²) in [5.74, 6) is -0.506. The molecule has 0 aromatic carbocycles. The van der Waals surface area contributed by atoms with Gasteiger partial charge in [0.05, 0.1) is 25.2 Å². The third-order valence-corrected chi connectivity index (χ3v) is 11.0. The van der Waals surface area contributed by atoms with Crippen molar-refractivity contribution in [2.45, 2.75) is 251 Å². The number of ether oxygens (including phenoxy) is 1. The average molecular weight is 812 g/mol. The molecule has 6 heteroatoms. The van der Waals surface area contributed by atoms with E-state index in [9.17, 15) is 19.8 Å². The van der Waals surface area contributed by atoms with E-state index in [1.54, 1.807) is 0 Å². The van der Waals surface area contributed by atoms with Gasteiger partial charge >= 0.3 is 5.97 Å². The zero-order chi connectivity index (χ0) is 42.4. The second-order valence-electron chi connectivity index (χ2n) is 16.6. The molecule has 0 fully saturated rings. The monoisotopic (exact) mass is 812 g/mol. The molecule has 0 aliphatic rings. The van der Waals surface area contributed by atoms with Crippen LogP contribution in [0.3, 0.4) is 0 Å². The van der Waals surface area contributed by atoms with Crippen LogP contribution >= 0.6 is 0 Å². The number of carbonyl (C=O) groups excluding carboxylic acids is 2. The first-order valence-corrected chi connectivity index (χ1v) is 24.6. The molecule has 3 N–H and O–H groups in total. The lowest BCUT2D eigenvalue weighted by Crippen LogP contribution is -2.46. The SMILES string of the molecule is CCC/C=C/C=C/C=C/C=C/C=C/CCCCCCCC(=O)OC(CCCCCCCCC)CC(=O)NC(CO)C(O)CCCCCCCCCCCCCCCC. The largest absolute Gasteiger partial charge is 0.462 e. The van der Waals surface area contributed by atoms with Crippen molar-refractivity contribution in [2.24, 2.45) is 0 Å². The standard InChI is InChI=1S/C52H93NO5/c1-4-7-10-13-16-18-20-22-24-25-26-27-29-31-33-36-39-42-45-52(57)58-48(43-40-37-34-15-12-9-6-3)46-51(56)53-49(47-54)50(55)44-41-38-35-32-30-28-23-21-19-17-14-11-8-5-2/h10,13,16,18,20,22,24-27,48-50,54-55H,4-9,11-12,14-15,17,19,21,23,28-47H2,1-3H3,(H,53,56)/b13-10+,18-16+,22-20+,25-24+,27-26+. The molecule has 336 valence electrons. The van der Waals surface area contributed by atoms with Crippen LogP contribution in [0.2, 0.25) is 0 Å². The van der Waals surface area contributed by atoms with Crippen LogP contribution in [-0.4, -0.2) is 46.9 Å². The van der Waals surface area contributed by atoms with Gasteiger partial charge in [-0.3, -0.25) is 9.59 Å². The molecule has 3 unspecified atom stereocenters. The van der Waals surface area contributed by atoms with Crippen LogP contribution in [0.15, 0.2) is 60.8 Å². The Kier molecular flexibility index (Phi) is 43.7. The zero-order valence-corrected chi connectivity index (χ0v) is 38.2. The Morgan fingerprint density at radius 2 is 0.914 bits per heavy atom. The van der Waals surface area contributed by atoms with Gasteiger partial charge in [0, 0.05) is 6.42 Å². The molecular formula is C52H93NO5. The van der Waals surface area contributed by atoms with Gasteiger partial charge in [-0.1, -0.05) is 236 Å². The molecule has 0 heterocycles. The van der Waals surface area contributed by atoms with Crippen molar-refractivity contribution in [2.75, 3.05) is 6.61 Å². The van der Waals surface area contributed by atoms with Gasteiger partial charge < -0.3 is 20.3 Å². The summed E-state index contributed by atoms with van der Waals surface area (Å²) in [6.07, 6.45) is 55.7. The minimum Gasteiger partial charge on any atom is -0.462 e. The number of unbranched alkanes of at least 4 members (excludes halogenated alkanes) is 25. The fourth-order valence-corrected chi connectivity index (χ4v) is 7.22. The Balaban J connectivity index is 4.44. The third-order valence-electron chi connectivity index (χ3n) is 11.0. The molecule has 0 spiro atoms. The van der Waals surface area contributed by atoms with Crippen molar-refractivity contribution in [3.8, 4) is 0 Å². The first-order valence-electron chi connectivity index (χ1n) is 24.6. The number of hydrogen-bond donors (Lipinski definition) is 3. The number of amides is 1. The highest BCUT2D eigenvalue weighted by Gasteiger charge is 2.24. The third kappa shape index (κ3) is 40.3. The van der Waals surface area contributed by atoms with E-state index in [0.717, 1.165) is 83.5 Å². The van der Waals surface area contributed by atoms with Gasteiger partial charge in [0.2, 0.25) is 5.91 Å². The number of carbonyl (C=O) groups is 2. The lowest BCUT2D eigenvalue weighted by Gasteiger charge is -2.24. The second kappa shape index (κ2) is 45.6. The summed E-state index contributed by atoms with van der Waals surface area (Å²) in [4.78, 5) is 26.0. The number of esters is 1. The lowest BCUT2D eigenvalue weighted by molar-refractivity contribution is -0.151. The van der Waals surface area contributed by atoms with Crippen LogP contribution in [0, 0.1) is 0 Å². The highest BCUT2D eigenvalue weighted by molar-refractivity contribution is 5.77. The number of rotatable bonds is 43. The van der Waals surface area contributed by atoms with Crippen LogP contribution in [0.25, 0.3) is 0 Å². The molecule has 0 aromatic heterocycles. The molecule has 0 radical (unpaired) electrons. The van der Waals surface area contributed by atoms with Gasteiger partial charge in [0.1, 0.15) is 6.10 Å². The molecule has 0 saturated heterocycles. The number of nitrogens with one attached hydrogen (secondary N) is 1. The maximum Gasteiger partial charge on any atom is 0.306 e. The Morgan fingerprint density at radius 3 is 1.40 bits per heavy atom. The normalized spacial score (nSPS) is 13.8. The average Bonchev–Trinajstić information content (AvgIpc) is 3.21. The molecule has 0 saturated carbocycles. The van der Waals surface area contributed by atoms with Crippen molar-refractivity contribution in [1.29, 1.82) is 0 Å². The molecule has 0 aliphatic carbocycles. The van der Waals surface area contributed by atoms with Crippen LogP contribution in [0.1, 0.15) is 233 Å². The van der Waals surface area contributed by atoms with Crippen LogP contribution in [0.4, 0.5) is 0 Å². The topological polar surface area (TPSA) is 95.9 Å². The van der Waals surface area contributed by atoms with E-state index in [2.05, 4.69) is 62.5 Å². The van der Waals surface area contributed by atoms with Crippen LogP contribution in [0.5, 0.6) is 0 Å². The van der Waals surface area contributed by atoms with Gasteiger partial charge in [0.15, 0.2) is 0 Å². The molecular weight excluding hydrogens is 719 g/mol. The summed E-state index contributed by atoms with van der Waals surface area (Å²) >= 11 is 0. The van der Waals surface area contributed by atoms with Crippen molar-refractivity contribution in [1.82, 2.24) is 5.32 Å². The minimum atomic E-state index is -0.790. The second-order valence-corrected chi connectivity index (χ2v) is 16.6. The minimum absolute atomic E-state index is 0.0659. The number of allylic oxidation sites excluding steroid dienone is 10. The fraction of sp³-hybridized carbons (Fsp3) is 0.769. The Labute approximate surface area is 358 Å². The molecule has 6 nitrogen and oxygen atoms in total. The highest BCUT2D eigenvalue weighted by Crippen LogP contribution is 2.17. The van der Waals surface area contributed by atoms with Crippen LogP contribution < -0.4 is 5.32 Å². The van der Waals surface area contributed by atoms with Gasteiger partial charge in [0.25, 0.3) is 0 Å². The highest BCUT2D eigenvalue weighted by atomic mass is 16.5. The molecule has 3 atom stereocenters. The lowest BCUT2D eigenvalue weighted by atomic mass is 10.0. The Hall–Kier alpha value is -2.44. The van der Waals surface area contributed by atoms with Gasteiger partial charge in [-0.2, -0.15) is 0 Å². The predicted octanol–water partition coefficient (Wildman–Crippen LogP) is 14.5. The maximum atomic E-state index is 13.1. The summed E-state index contributed by atoms with van der Waals surface area (Å²) in [5.41, 5.74) is 0. The van der Waals surface area contributed by atoms with E-state index < -0.39 is 18.2 Å². The first kappa shape index (κ1) is 55.6. The van der Waals surface area contributed by atoms with Gasteiger partial charge in [-0.15, -0.1) is 0 Å². The Morgan fingerprint density at radius 1 is 0.500 bits per heavy atom. The number of hydrogen-bond acceptors (Lipinski definition) is 5. The van der Waals surface area contributed by atoms with Crippen molar-refractivity contribution < 1.29 is 24.5 Å². The Bertz CT molecular complexity index is 1050. The number of aliphatic hydroxyl groups excluding tert-OH is 2. The van der Waals surface area contributed by atoms with E-state index in [0.29, 0.717) is 19.3 Å². The summed E-state index contributed by atoms with van der Waals surface area (Å²) in [7, 11) is 0. The molecule has 0 bridgehead atoms. The molecule has 0 aliphatic heterocycles. The predicted molar refractivity (Wildman–Crippen MR) is 250 cm³/mol. The summed E-state index contributed by atoms with van der Waals surface area (Å²) < 4.78 is 5.88. The van der Waals surface area contributed by atoms with Gasteiger partial charge in [-0.05, 0) is 44.9 Å². The van der Waals surface area contributed by atoms with E-state index in [4.69, 9.17) is 4.74 Å². The van der Waals surface area contributed by atoms with Crippen molar-refractivity contribution in [3.63, 3.8) is 0 Å². The van der Waals surface area contributed by atoms with E-state index in [-0.39, 0.29) is 24.9 Å². The summed E-state index contributed by atoms with van der Waals surface area (Å²) in [6.45, 7) is 6.35. The van der Waals surface area contributed by atoms with Crippen molar-refractivity contribution >= 4 is 11.9 Å². The van der Waals surface area contributed by atoms with E-state index in [1.165, 1.54) is 103 Å². The quantitative estimate of drug-likeness (QED) is 0.0324. The fourth-order valence-electron chi connectivity index (χ4n) is 7.22. The maximum absolute atomic E-state index is 13.1. The summed E-state index contributed by atoms with van der Waals surface area (Å²) in [6, 6.07) is -0.705. The molecule has 58 heavy (non-hydrogen) atoms.